The van der Waals surface area contributed by atoms with Crippen molar-refractivity contribution in [1.29, 1.82) is 0 Å². The van der Waals surface area contributed by atoms with E-state index >= 15 is 0 Å². The molecule has 13 heavy (non-hydrogen) atoms. The lowest BCUT2D eigenvalue weighted by Crippen LogP contribution is -2.01. The zero-order chi connectivity index (χ0) is 9.84. The van der Waals surface area contributed by atoms with Crippen LogP contribution in [-0.2, 0) is 4.74 Å². The number of benzene rings is 1. The first-order valence-corrected chi connectivity index (χ1v) is 3.96. The number of carbonyl (C=O) groups excluding carboxylic acids is 1. The SMILES string of the molecule is COC(C)c1cc(F)ccc1C=O. The number of aldehydes is 1. The van der Waals surface area contributed by atoms with Crippen molar-refractivity contribution in [2.24, 2.45) is 0 Å². The van der Waals surface area contributed by atoms with Gasteiger partial charge < -0.3 is 4.74 Å². The largest absolute Gasteiger partial charge is 0.377 e. The lowest BCUT2D eigenvalue weighted by atomic mass is 10.0. The molecule has 0 spiro atoms. The van der Waals surface area contributed by atoms with E-state index in [9.17, 15) is 9.18 Å². The Morgan fingerprint density at radius 3 is 2.77 bits per heavy atom. The average molecular weight is 182 g/mol. The van der Waals surface area contributed by atoms with Gasteiger partial charge in [-0.15, -0.1) is 0 Å². The van der Waals surface area contributed by atoms with Gasteiger partial charge >= 0.3 is 0 Å². The zero-order valence-corrected chi connectivity index (χ0v) is 7.58. The van der Waals surface area contributed by atoms with Crippen molar-refractivity contribution < 1.29 is 13.9 Å². The van der Waals surface area contributed by atoms with Crippen LogP contribution in [0, 0.1) is 5.82 Å². The highest BCUT2D eigenvalue weighted by Gasteiger charge is 2.09. The molecule has 0 saturated heterocycles. The van der Waals surface area contributed by atoms with Crippen molar-refractivity contribution in [1.82, 2.24) is 0 Å². The molecule has 0 radical (unpaired) electrons. The van der Waals surface area contributed by atoms with Gasteiger partial charge in [-0.2, -0.15) is 0 Å². The second-order valence-electron chi connectivity index (χ2n) is 2.77. The molecule has 0 aliphatic rings. The zero-order valence-electron chi connectivity index (χ0n) is 7.58. The summed E-state index contributed by atoms with van der Waals surface area (Å²) < 4.78 is 17.8. The molecule has 0 aromatic heterocycles. The Bertz CT molecular complexity index is 310. The Hall–Kier alpha value is -1.22. The Morgan fingerprint density at radius 2 is 2.23 bits per heavy atom. The minimum absolute atomic E-state index is 0.268. The molecule has 0 saturated carbocycles. The van der Waals surface area contributed by atoms with Gasteiger partial charge in [-0.05, 0) is 30.7 Å². The highest BCUT2D eigenvalue weighted by Crippen LogP contribution is 2.20. The summed E-state index contributed by atoms with van der Waals surface area (Å²) in [5.41, 5.74) is 1.05. The number of hydrogen-bond donors (Lipinski definition) is 0. The Morgan fingerprint density at radius 1 is 1.54 bits per heavy atom. The lowest BCUT2D eigenvalue weighted by Gasteiger charge is -2.11. The average Bonchev–Trinajstić information content (AvgIpc) is 2.16. The van der Waals surface area contributed by atoms with Gasteiger partial charge in [0, 0.05) is 12.7 Å². The molecule has 0 bridgehead atoms. The van der Waals surface area contributed by atoms with E-state index < -0.39 is 0 Å². The highest BCUT2D eigenvalue weighted by atomic mass is 19.1. The van der Waals surface area contributed by atoms with Gasteiger partial charge in [-0.25, -0.2) is 4.39 Å². The number of halogens is 1. The predicted octanol–water partition coefficient (Wildman–Crippen LogP) is 2.35. The minimum atomic E-state index is -0.357. The third-order valence-electron chi connectivity index (χ3n) is 1.97. The van der Waals surface area contributed by atoms with E-state index in [4.69, 9.17) is 4.74 Å². The lowest BCUT2D eigenvalue weighted by molar-refractivity contribution is 0.108. The summed E-state index contributed by atoms with van der Waals surface area (Å²) in [7, 11) is 1.52. The van der Waals surface area contributed by atoms with Gasteiger partial charge in [0.2, 0.25) is 0 Å². The third-order valence-corrected chi connectivity index (χ3v) is 1.97. The molecule has 1 rings (SSSR count). The van der Waals surface area contributed by atoms with Crippen molar-refractivity contribution in [2.45, 2.75) is 13.0 Å². The Kier molecular flexibility index (Phi) is 3.14. The Labute approximate surface area is 76.3 Å². The first-order valence-electron chi connectivity index (χ1n) is 3.96. The van der Waals surface area contributed by atoms with E-state index in [-0.39, 0.29) is 11.9 Å². The van der Waals surface area contributed by atoms with Gasteiger partial charge in [-0.1, -0.05) is 0 Å². The van der Waals surface area contributed by atoms with Crippen molar-refractivity contribution in [3.05, 3.63) is 35.1 Å². The fourth-order valence-electron chi connectivity index (χ4n) is 1.13. The molecule has 0 aliphatic carbocycles. The molecule has 1 aromatic rings. The fraction of sp³-hybridized carbons (Fsp3) is 0.300. The van der Waals surface area contributed by atoms with Crippen molar-refractivity contribution in [2.75, 3.05) is 7.11 Å². The van der Waals surface area contributed by atoms with E-state index in [2.05, 4.69) is 0 Å². The summed E-state index contributed by atoms with van der Waals surface area (Å²) in [6.45, 7) is 1.77. The van der Waals surface area contributed by atoms with Gasteiger partial charge in [0.25, 0.3) is 0 Å². The van der Waals surface area contributed by atoms with Crippen LogP contribution in [0.4, 0.5) is 4.39 Å². The molecule has 3 heteroatoms. The monoisotopic (exact) mass is 182 g/mol. The standard InChI is InChI=1S/C10H11FO2/c1-7(13-2)10-5-9(11)4-3-8(10)6-12/h3-7H,1-2H3. The molecule has 0 amide bonds. The summed E-state index contributed by atoms with van der Waals surface area (Å²) in [6.07, 6.45) is 0.431. The van der Waals surface area contributed by atoms with Gasteiger partial charge in [0.15, 0.2) is 0 Å². The van der Waals surface area contributed by atoms with Gasteiger partial charge in [-0.3, -0.25) is 4.79 Å². The third kappa shape index (κ3) is 2.12. The smallest absolute Gasteiger partial charge is 0.150 e. The van der Waals surface area contributed by atoms with Crippen LogP contribution >= 0.6 is 0 Å². The molecule has 1 unspecified atom stereocenters. The molecule has 1 aromatic carbocycles. The van der Waals surface area contributed by atoms with E-state index in [0.29, 0.717) is 17.4 Å². The van der Waals surface area contributed by atoms with E-state index in [1.807, 2.05) is 0 Å². The Balaban J connectivity index is 3.15. The molecular formula is C10H11FO2. The predicted molar refractivity (Wildman–Crippen MR) is 47.2 cm³/mol. The molecule has 2 nitrogen and oxygen atoms in total. The van der Waals surface area contributed by atoms with Crippen LogP contribution in [-0.4, -0.2) is 13.4 Å². The maximum Gasteiger partial charge on any atom is 0.150 e. The van der Waals surface area contributed by atoms with Crippen LogP contribution in [0.2, 0.25) is 0 Å². The van der Waals surface area contributed by atoms with Crippen molar-refractivity contribution >= 4 is 6.29 Å². The molecule has 0 N–H and O–H groups in total. The summed E-state index contributed by atoms with van der Waals surface area (Å²) in [4.78, 5) is 10.6. The molecule has 1 atom stereocenters. The van der Waals surface area contributed by atoms with Crippen LogP contribution in [0.25, 0.3) is 0 Å². The summed E-state index contributed by atoms with van der Waals surface area (Å²) in [5.74, 6) is -0.357. The number of carbonyl (C=O) groups is 1. The maximum atomic E-state index is 12.8. The second kappa shape index (κ2) is 4.14. The van der Waals surface area contributed by atoms with Gasteiger partial charge in [0.05, 0.1) is 6.10 Å². The topological polar surface area (TPSA) is 26.3 Å². The first-order chi connectivity index (χ1) is 6.19. The molecular weight excluding hydrogens is 171 g/mol. The number of rotatable bonds is 3. The molecule has 70 valence electrons. The van der Waals surface area contributed by atoms with E-state index in [1.54, 1.807) is 6.92 Å². The number of ether oxygens (including phenoxy) is 1. The highest BCUT2D eigenvalue weighted by molar-refractivity contribution is 5.77. The number of hydrogen-bond acceptors (Lipinski definition) is 2. The fourth-order valence-corrected chi connectivity index (χ4v) is 1.13. The number of methoxy groups -OCH3 is 1. The summed E-state index contributed by atoms with van der Waals surface area (Å²) in [5, 5.41) is 0. The summed E-state index contributed by atoms with van der Waals surface area (Å²) >= 11 is 0. The molecule has 0 aliphatic heterocycles. The van der Waals surface area contributed by atoms with Crippen molar-refractivity contribution in [3.8, 4) is 0 Å². The molecule has 0 fully saturated rings. The van der Waals surface area contributed by atoms with Gasteiger partial charge in [0.1, 0.15) is 12.1 Å². The second-order valence-corrected chi connectivity index (χ2v) is 2.77. The van der Waals surface area contributed by atoms with Crippen LogP contribution in [0.3, 0.4) is 0 Å². The van der Waals surface area contributed by atoms with Crippen LogP contribution in [0.1, 0.15) is 28.9 Å². The first kappa shape index (κ1) is 9.86. The van der Waals surface area contributed by atoms with E-state index in [1.165, 1.54) is 25.3 Å². The molecule has 0 heterocycles. The minimum Gasteiger partial charge on any atom is -0.377 e. The van der Waals surface area contributed by atoms with Crippen molar-refractivity contribution in [3.63, 3.8) is 0 Å². The quantitative estimate of drug-likeness (QED) is 0.670. The maximum absolute atomic E-state index is 12.8. The summed E-state index contributed by atoms with van der Waals surface area (Å²) in [6, 6.07) is 4.03. The normalized spacial score (nSPS) is 12.5. The van der Waals surface area contributed by atoms with E-state index in [0.717, 1.165) is 0 Å². The van der Waals surface area contributed by atoms with Crippen LogP contribution in [0.15, 0.2) is 18.2 Å². The van der Waals surface area contributed by atoms with Crippen LogP contribution in [0.5, 0.6) is 0 Å². The van der Waals surface area contributed by atoms with Crippen LogP contribution < -0.4 is 0 Å².